The van der Waals surface area contributed by atoms with Crippen LogP contribution in [0.25, 0.3) is 10.2 Å². The molecule has 0 atom stereocenters. The summed E-state index contributed by atoms with van der Waals surface area (Å²) in [6, 6.07) is 8.26. The molecule has 0 aliphatic heterocycles. The summed E-state index contributed by atoms with van der Waals surface area (Å²) in [5, 5.41) is 0. The molecule has 0 aliphatic carbocycles. The molecule has 1 nitrogen and oxygen atoms in total. The maximum Gasteiger partial charge on any atom is 0.224 e. The lowest BCUT2D eigenvalue weighted by Gasteiger charge is -1.75. The summed E-state index contributed by atoms with van der Waals surface area (Å²) in [4.78, 5) is 3.14. The molecule has 1 heterocycles. The third-order valence-corrected chi connectivity index (χ3v) is 2.13. The normalized spacial score (nSPS) is 9.20. The molecule has 2 aromatic rings. The van der Waals surface area contributed by atoms with Crippen molar-refractivity contribution in [3.8, 4) is 0 Å². The van der Waals surface area contributed by atoms with Crippen LogP contribution in [0, 0.1) is 0 Å². The van der Waals surface area contributed by atoms with Gasteiger partial charge in [-0.3, -0.25) is 0 Å². The van der Waals surface area contributed by atoms with Gasteiger partial charge in [-0.1, -0.05) is 23.5 Å². The second kappa shape index (κ2) is 3.30. The molecule has 0 spiro atoms. The molecule has 1 aromatic carbocycles. The molecule has 0 saturated heterocycles. The predicted molar refractivity (Wildman–Crippen MR) is 53.8 cm³/mol. The zero-order chi connectivity index (χ0) is 6.10. The van der Waals surface area contributed by atoms with Crippen molar-refractivity contribution < 1.29 is 4.98 Å². The Morgan fingerprint density at radius 2 is 2.00 bits per heavy atom. The topological polar surface area (TPSA) is 14.1 Å². The molecule has 0 amide bonds. The van der Waals surface area contributed by atoms with E-state index < -0.39 is 0 Å². The van der Waals surface area contributed by atoms with Crippen LogP contribution in [0.4, 0.5) is 0 Å². The fourth-order valence-electron chi connectivity index (χ4n) is 0.845. The van der Waals surface area contributed by atoms with E-state index >= 15 is 0 Å². The van der Waals surface area contributed by atoms with Crippen LogP contribution in [0.1, 0.15) is 0 Å². The highest BCUT2D eigenvalue weighted by Crippen LogP contribution is 2.12. The molecular weight excluding hydrogens is 257 g/mol. The van der Waals surface area contributed by atoms with Gasteiger partial charge in [0, 0.05) is 6.07 Å². The summed E-state index contributed by atoms with van der Waals surface area (Å²) in [5.41, 5.74) is 3.22. The molecule has 1 aromatic heterocycles. The van der Waals surface area contributed by atoms with Gasteiger partial charge in [-0.15, -0.1) is 24.0 Å². The third kappa shape index (κ3) is 1.29. The van der Waals surface area contributed by atoms with Gasteiger partial charge in [-0.25, -0.2) is 4.98 Å². The largest absolute Gasteiger partial charge is 0.224 e. The summed E-state index contributed by atoms with van der Waals surface area (Å²) >= 11 is 1.73. The minimum atomic E-state index is 0. The monoisotopic (exact) mass is 264 g/mol. The minimum absolute atomic E-state index is 0. The Hall–Kier alpha value is -0.160. The standard InChI is InChI=1S/C7H5NS.HI/c1-2-4-7-6(3-1)8-5-9-7;/h1-5H;1H/p+1. The lowest BCUT2D eigenvalue weighted by molar-refractivity contribution is -0.338. The first-order chi connectivity index (χ1) is 4.47. The van der Waals surface area contributed by atoms with Crippen molar-refractivity contribution in [1.82, 2.24) is 0 Å². The van der Waals surface area contributed by atoms with Crippen LogP contribution in [-0.4, -0.2) is 0 Å². The average molecular weight is 264 g/mol. The molecule has 0 radical (unpaired) electrons. The van der Waals surface area contributed by atoms with Crippen LogP contribution in [0.2, 0.25) is 0 Å². The molecule has 1 N–H and O–H groups in total. The van der Waals surface area contributed by atoms with E-state index in [9.17, 15) is 0 Å². The zero-order valence-electron chi connectivity index (χ0n) is 5.20. The molecule has 0 bridgehead atoms. The van der Waals surface area contributed by atoms with E-state index in [0.717, 1.165) is 0 Å². The van der Waals surface area contributed by atoms with Gasteiger partial charge in [0.25, 0.3) is 0 Å². The number of fused-ring (bicyclic) bond motifs is 1. The summed E-state index contributed by atoms with van der Waals surface area (Å²) < 4.78 is 1.32. The fraction of sp³-hybridized carbons (Fsp3) is 0. The third-order valence-electron chi connectivity index (χ3n) is 1.29. The van der Waals surface area contributed by atoms with Crippen molar-refractivity contribution in [2.24, 2.45) is 0 Å². The van der Waals surface area contributed by atoms with Crippen LogP contribution in [0.5, 0.6) is 0 Å². The van der Waals surface area contributed by atoms with Gasteiger partial charge in [-0.2, -0.15) is 0 Å². The number of hydrogen-bond donors (Lipinski definition) is 0. The molecule has 10 heavy (non-hydrogen) atoms. The quantitative estimate of drug-likeness (QED) is 0.648. The Labute approximate surface area is 80.1 Å². The molecule has 52 valence electrons. The molecule has 0 unspecified atom stereocenters. The van der Waals surface area contributed by atoms with Gasteiger partial charge in [0.05, 0.1) is 0 Å². The summed E-state index contributed by atoms with van der Waals surface area (Å²) in [6.45, 7) is 0. The van der Waals surface area contributed by atoms with Crippen molar-refractivity contribution in [3.63, 3.8) is 0 Å². The Bertz CT molecular complexity index is 288. The van der Waals surface area contributed by atoms with Gasteiger partial charge >= 0.3 is 0 Å². The summed E-state index contributed by atoms with van der Waals surface area (Å²) in [7, 11) is 0. The minimum Gasteiger partial charge on any atom is -0.201 e. The fourth-order valence-corrected chi connectivity index (χ4v) is 1.57. The average Bonchev–Trinajstić information content (AvgIpc) is 2.33. The van der Waals surface area contributed by atoms with Gasteiger partial charge in [-0.05, 0) is 6.07 Å². The Kier molecular flexibility index (Phi) is 2.62. The Balaban J connectivity index is 0.000000500. The van der Waals surface area contributed by atoms with Crippen molar-refractivity contribution in [3.05, 3.63) is 29.8 Å². The molecule has 0 aliphatic rings. The van der Waals surface area contributed by atoms with Crippen molar-refractivity contribution in [1.29, 1.82) is 0 Å². The van der Waals surface area contributed by atoms with Crippen LogP contribution < -0.4 is 4.98 Å². The molecule has 0 fully saturated rings. The van der Waals surface area contributed by atoms with E-state index in [0.29, 0.717) is 0 Å². The number of hydrogen-bond acceptors (Lipinski definition) is 1. The van der Waals surface area contributed by atoms with Gasteiger partial charge in [0.2, 0.25) is 11.0 Å². The van der Waals surface area contributed by atoms with Crippen molar-refractivity contribution >= 4 is 45.5 Å². The zero-order valence-corrected chi connectivity index (χ0v) is 8.35. The number of aromatic nitrogens is 1. The summed E-state index contributed by atoms with van der Waals surface area (Å²) in [6.07, 6.45) is 0. The Morgan fingerprint density at radius 1 is 1.20 bits per heavy atom. The molecule has 0 saturated carbocycles. The summed E-state index contributed by atoms with van der Waals surface area (Å²) in [5.74, 6) is 0. The number of aromatic amines is 1. The van der Waals surface area contributed by atoms with Crippen molar-refractivity contribution in [2.45, 2.75) is 0 Å². The molecule has 2 rings (SSSR count). The number of nitrogens with one attached hydrogen (secondary N) is 1. The highest BCUT2D eigenvalue weighted by Gasteiger charge is 1.96. The number of para-hydroxylation sites is 1. The van der Waals surface area contributed by atoms with Crippen LogP contribution in [0.15, 0.2) is 29.8 Å². The van der Waals surface area contributed by atoms with Crippen LogP contribution >= 0.6 is 35.3 Å². The van der Waals surface area contributed by atoms with Crippen LogP contribution in [0.3, 0.4) is 0 Å². The predicted octanol–water partition coefficient (Wildman–Crippen LogP) is 2.33. The molecule has 3 heteroatoms. The Morgan fingerprint density at radius 3 is 2.80 bits per heavy atom. The first-order valence-corrected chi connectivity index (χ1v) is 3.69. The van der Waals surface area contributed by atoms with Gasteiger partial charge in [0.1, 0.15) is 4.70 Å². The number of halogens is 1. The van der Waals surface area contributed by atoms with Gasteiger partial charge in [0.15, 0.2) is 0 Å². The highest BCUT2D eigenvalue weighted by molar-refractivity contribution is 14.0. The lowest BCUT2D eigenvalue weighted by atomic mass is 10.3. The van der Waals surface area contributed by atoms with Crippen molar-refractivity contribution in [2.75, 3.05) is 0 Å². The van der Waals surface area contributed by atoms with E-state index in [1.165, 1.54) is 10.2 Å². The van der Waals surface area contributed by atoms with Crippen LogP contribution in [-0.2, 0) is 0 Å². The number of H-pyrrole nitrogens is 1. The maximum atomic E-state index is 3.14. The van der Waals surface area contributed by atoms with E-state index in [2.05, 4.69) is 17.1 Å². The second-order valence-corrected chi connectivity index (χ2v) is 2.79. The number of rotatable bonds is 0. The van der Waals surface area contributed by atoms with Gasteiger partial charge < -0.3 is 0 Å². The van der Waals surface area contributed by atoms with E-state index in [1.807, 2.05) is 17.6 Å². The first-order valence-electron chi connectivity index (χ1n) is 2.81. The lowest BCUT2D eigenvalue weighted by Crippen LogP contribution is -1.92. The number of thiazole rings is 1. The van der Waals surface area contributed by atoms with E-state index in [4.69, 9.17) is 0 Å². The first kappa shape index (κ1) is 7.94. The smallest absolute Gasteiger partial charge is 0.201 e. The van der Waals surface area contributed by atoms with E-state index in [1.54, 1.807) is 11.3 Å². The highest BCUT2D eigenvalue weighted by atomic mass is 127. The number of benzene rings is 1. The molecular formula is C7H7INS+. The van der Waals surface area contributed by atoms with E-state index in [-0.39, 0.29) is 24.0 Å². The maximum absolute atomic E-state index is 3.14. The SMILES string of the molecule is I.c1ccc2sc[nH+]c2c1. The second-order valence-electron chi connectivity index (χ2n) is 1.88.